The Balaban J connectivity index is 1.91. The van der Waals surface area contributed by atoms with E-state index in [9.17, 15) is 4.79 Å². The zero-order valence-electron chi connectivity index (χ0n) is 13.0. The van der Waals surface area contributed by atoms with Crippen LogP contribution < -0.4 is 5.32 Å². The minimum Gasteiger partial charge on any atom is -0.321 e. The first kappa shape index (κ1) is 17.6. The van der Waals surface area contributed by atoms with E-state index in [2.05, 4.69) is 19.2 Å². The molecule has 1 amide bonds. The second-order valence-electron chi connectivity index (χ2n) is 5.74. The maximum absolute atomic E-state index is 12.6. The molecule has 0 unspecified atom stereocenters. The fraction of sp³-hybridized carbons (Fsp3) is 0.167. The molecule has 0 bridgehead atoms. The van der Waals surface area contributed by atoms with Crippen LogP contribution in [0.5, 0.6) is 0 Å². The number of nitrogens with one attached hydrogen (secondary N) is 1. The molecule has 3 rings (SSSR count). The average Bonchev–Trinajstić information content (AvgIpc) is 2.84. The van der Waals surface area contributed by atoms with Crippen molar-refractivity contribution in [1.82, 2.24) is 0 Å². The van der Waals surface area contributed by atoms with Crippen molar-refractivity contribution in [1.29, 1.82) is 0 Å². The third kappa shape index (κ3) is 3.40. The van der Waals surface area contributed by atoms with Gasteiger partial charge in [-0.3, -0.25) is 4.79 Å². The Morgan fingerprint density at radius 3 is 2.38 bits per heavy atom. The molecule has 2 aromatic carbocycles. The molecule has 0 saturated heterocycles. The van der Waals surface area contributed by atoms with E-state index in [1.54, 1.807) is 12.1 Å². The maximum Gasteiger partial charge on any atom is 0.267 e. The van der Waals surface area contributed by atoms with Gasteiger partial charge in [-0.05, 0) is 35.7 Å². The van der Waals surface area contributed by atoms with Gasteiger partial charge >= 0.3 is 0 Å². The fourth-order valence-corrected chi connectivity index (χ4v) is 4.67. The Kier molecular flexibility index (Phi) is 5.07. The predicted octanol–water partition coefficient (Wildman–Crippen LogP) is 7.24. The summed E-state index contributed by atoms with van der Waals surface area (Å²) in [4.78, 5) is 13.0. The van der Waals surface area contributed by atoms with Gasteiger partial charge in [-0.2, -0.15) is 0 Å². The summed E-state index contributed by atoms with van der Waals surface area (Å²) in [6, 6.07) is 11.2. The van der Waals surface area contributed by atoms with Gasteiger partial charge in [0.15, 0.2) is 0 Å². The minimum absolute atomic E-state index is 0.259. The fourth-order valence-electron chi connectivity index (χ4n) is 2.40. The molecule has 124 valence electrons. The zero-order valence-corrected chi connectivity index (χ0v) is 16.1. The number of anilines is 1. The normalized spacial score (nSPS) is 11.2. The number of thiophene rings is 1. The van der Waals surface area contributed by atoms with E-state index >= 15 is 0 Å². The molecule has 0 aliphatic rings. The summed E-state index contributed by atoms with van der Waals surface area (Å²) < 4.78 is 0.790. The molecule has 3 aromatic rings. The number of carbonyl (C=O) groups excluding carboxylic acids is 1. The number of amides is 1. The number of halogens is 3. The van der Waals surface area contributed by atoms with Gasteiger partial charge in [-0.25, -0.2) is 0 Å². The lowest BCUT2D eigenvalue weighted by atomic mass is 10.0. The molecule has 0 radical (unpaired) electrons. The van der Waals surface area contributed by atoms with Gasteiger partial charge in [0, 0.05) is 20.8 Å². The third-order valence-electron chi connectivity index (χ3n) is 3.69. The van der Waals surface area contributed by atoms with E-state index in [1.807, 2.05) is 24.3 Å². The quantitative estimate of drug-likeness (QED) is 0.495. The highest BCUT2D eigenvalue weighted by Crippen LogP contribution is 2.41. The van der Waals surface area contributed by atoms with Gasteiger partial charge in [-0.15, -0.1) is 11.3 Å². The van der Waals surface area contributed by atoms with Crippen molar-refractivity contribution in [3.8, 4) is 0 Å². The molecular formula is C18H14Cl3NOS. The van der Waals surface area contributed by atoms with Gasteiger partial charge < -0.3 is 5.32 Å². The zero-order chi connectivity index (χ0) is 17.4. The van der Waals surface area contributed by atoms with Crippen molar-refractivity contribution in [2.45, 2.75) is 19.8 Å². The van der Waals surface area contributed by atoms with Crippen LogP contribution in [0.25, 0.3) is 10.1 Å². The van der Waals surface area contributed by atoms with Gasteiger partial charge in [0.2, 0.25) is 0 Å². The molecule has 0 aliphatic heterocycles. The standard InChI is InChI=1S/C18H14Cl3NOS/c1-9(2)10-3-5-12(6-4-10)22-18(23)17-16(21)15-13(20)7-11(19)8-14(15)24-17/h3-9H,1-2H3,(H,22,23). The van der Waals surface area contributed by atoms with Crippen LogP contribution in [0.1, 0.15) is 35.0 Å². The van der Waals surface area contributed by atoms with E-state index in [-0.39, 0.29) is 5.91 Å². The molecule has 1 heterocycles. The molecule has 0 fully saturated rings. The predicted molar refractivity (Wildman–Crippen MR) is 105 cm³/mol. The molecule has 0 saturated carbocycles. The van der Waals surface area contributed by atoms with Crippen LogP contribution in [0.3, 0.4) is 0 Å². The number of benzene rings is 2. The Labute approximate surface area is 159 Å². The minimum atomic E-state index is -0.259. The summed E-state index contributed by atoms with van der Waals surface area (Å²) in [5, 5.41) is 4.85. The highest BCUT2D eigenvalue weighted by molar-refractivity contribution is 7.21. The van der Waals surface area contributed by atoms with Crippen LogP contribution in [0, 0.1) is 0 Å². The van der Waals surface area contributed by atoms with E-state index < -0.39 is 0 Å². The first-order valence-corrected chi connectivity index (χ1v) is 9.30. The topological polar surface area (TPSA) is 29.1 Å². The summed E-state index contributed by atoms with van der Waals surface area (Å²) >= 11 is 19.9. The number of carbonyl (C=O) groups is 1. The number of fused-ring (bicyclic) bond motifs is 1. The Morgan fingerprint density at radius 2 is 1.75 bits per heavy atom. The van der Waals surface area contributed by atoms with Crippen LogP contribution in [-0.4, -0.2) is 5.91 Å². The molecule has 0 spiro atoms. The average molecular weight is 399 g/mol. The van der Waals surface area contributed by atoms with Crippen LogP contribution in [-0.2, 0) is 0 Å². The highest BCUT2D eigenvalue weighted by atomic mass is 35.5. The summed E-state index contributed by atoms with van der Waals surface area (Å²) in [7, 11) is 0. The number of hydrogen-bond acceptors (Lipinski definition) is 2. The maximum atomic E-state index is 12.6. The Hall–Kier alpha value is -1.26. The first-order chi connectivity index (χ1) is 11.4. The molecule has 24 heavy (non-hydrogen) atoms. The summed E-state index contributed by atoms with van der Waals surface area (Å²) in [5.74, 6) is 0.185. The van der Waals surface area contributed by atoms with Crippen molar-refractivity contribution in [3.05, 3.63) is 61.9 Å². The molecule has 1 N–H and O–H groups in total. The first-order valence-electron chi connectivity index (χ1n) is 7.35. The van der Waals surface area contributed by atoms with Gasteiger partial charge in [0.05, 0.1) is 10.0 Å². The highest BCUT2D eigenvalue weighted by Gasteiger charge is 2.19. The Morgan fingerprint density at radius 1 is 1.08 bits per heavy atom. The summed E-state index contributed by atoms with van der Waals surface area (Å²) in [6.45, 7) is 4.25. The second-order valence-corrected chi connectivity index (χ2v) is 8.01. The second kappa shape index (κ2) is 6.93. The van der Waals surface area contributed by atoms with Crippen molar-refractivity contribution < 1.29 is 4.79 Å². The van der Waals surface area contributed by atoms with E-state index in [0.29, 0.717) is 31.2 Å². The van der Waals surface area contributed by atoms with E-state index in [0.717, 1.165) is 10.4 Å². The van der Waals surface area contributed by atoms with E-state index in [1.165, 1.54) is 16.9 Å². The van der Waals surface area contributed by atoms with Crippen molar-refractivity contribution in [2.24, 2.45) is 0 Å². The molecule has 0 aliphatic carbocycles. The third-order valence-corrected chi connectivity index (χ3v) is 5.83. The largest absolute Gasteiger partial charge is 0.321 e. The molecule has 6 heteroatoms. The lowest BCUT2D eigenvalue weighted by molar-refractivity contribution is 0.103. The van der Waals surface area contributed by atoms with Gasteiger partial charge in [0.25, 0.3) is 5.91 Å². The smallest absolute Gasteiger partial charge is 0.267 e. The van der Waals surface area contributed by atoms with Crippen LogP contribution in [0.2, 0.25) is 15.1 Å². The SMILES string of the molecule is CC(C)c1ccc(NC(=O)c2sc3cc(Cl)cc(Cl)c3c2Cl)cc1. The molecular weight excluding hydrogens is 385 g/mol. The van der Waals surface area contributed by atoms with Crippen LogP contribution >= 0.6 is 46.1 Å². The Bertz CT molecular complexity index is 916. The van der Waals surface area contributed by atoms with Crippen LogP contribution in [0.4, 0.5) is 5.69 Å². The van der Waals surface area contributed by atoms with Crippen LogP contribution in [0.15, 0.2) is 36.4 Å². The summed E-state index contributed by atoms with van der Waals surface area (Å²) in [5.41, 5.74) is 1.94. The van der Waals surface area contributed by atoms with Crippen molar-refractivity contribution in [3.63, 3.8) is 0 Å². The summed E-state index contributed by atoms with van der Waals surface area (Å²) in [6.07, 6.45) is 0. The molecule has 0 atom stereocenters. The van der Waals surface area contributed by atoms with Crippen molar-refractivity contribution in [2.75, 3.05) is 5.32 Å². The lowest BCUT2D eigenvalue weighted by Crippen LogP contribution is -2.10. The monoisotopic (exact) mass is 397 g/mol. The lowest BCUT2D eigenvalue weighted by Gasteiger charge is -2.08. The molecule has 2 nitrogen and oxygen atoms in total. The van der Waals surface area contributed by atoms with Crippen molar-refractivity contribution >= 4 is 67.8 Å². The number of hydrogen-bond donors (Lipinski definition) is 1. The number of rotatable bonds is 3. The molecule has 1 aromatic heterocycles. The van der Waals surface area contributed by atoms with E-state index in [4.69, 9.17) is 34.8 Å². The van der Waals surface area contributed by atoms with Gasteiger partial charge in [-0.1, -0.05) is 60.8 Å². The van der Waals surface area contributed by atoms with Gasteiger partial charge in [0.1, 0.15) is 4.88 Å².